The van der Waals surface area contributed by atoms with Crippen molar-refractivity contribution in [2.45, 2.75) is 74.2 Å². The van der Waals surface area contributed by atoms with Crippen molar-refractivity contribution in [3.63, 3.8) is 0 Å². The van der Waals surface area contributed by atoms with E-state index in [1.54, 1.807) is 6.92 Å². The maximum Gasteiger partial charge on any atom is 0.310 e. The summed E-state index contributed by atoms with van der Waals surface area (Å²) in [6.45, 7) is 2.28. The van der Waals surface area contributed by atoms with Crippen LogP contribution in [0, 0.1) is 11.5 Å². The fourth-order valence-electron chi connectivity index (χ4n) is 5.54. The summed E-state index contributed by atoms with van der Waals surface area (Å²) in [5.41, 5.74) is -0.0130. The topological polar surface area (TPSA) is 111 Å². The van der Waals surface area contributed by atoms with Crippen LogP contribution in [0.2, 0.25) is 0 Å². The van der Waals surface area contributed by atoms with Gasteiger partial charge in [0, 0.05) is 55.8 Å². The maximum absolute atomic E-state index is 14.2. The number of nitrogens with zero attached hydrogens (tertiary/aromatic N) is 4. The summed E-state index contributed by atoms with van der Waals surface area (Å²) in [5.74, 6) is -1.45. The summed E-state index contributed by atoms with van der Waals surface area (Å²) in [4.78, 5) is 32.2. The third-order valence-corrected chi connectivity index (χ3v) is 8.93. The third-order valence-electron chi connectivity index (χ3n) is 7.77. The van der Waals surface area contributed by atoms with Gasteiger partial charge in [-0.1, -0.05) is 38.3 Å². The van der Waals surface area contributed by atoms with Gasteiger partial charge in [0.1, 0.15) is 17.0 Å². The molecule has 15 heteroatoms. The van der Waals surface area contributed by atoms with E-state index in [0.29, 0.717) is 12.6 Å². The van der Waals surface area contributed by atoms with E-state index >= 15 is 0 Å². The second kappa shape index (κ2) is 11.9. The Morgan fingerprint density at radius 1 is 1.16 bits per heavy atom. The van der Waals surface area contributed by atoms with Crippen molar-refractivity contribution in [3.8, 4) is 6.19 Å². The number of amides is 2. The van der Waals surface area contributed by atoms with Gasteiger partial charge in [-0.05, 0) is 50.1 Å². The third kappa shape index (κ3) is 7.92. The number of carbonyl (C=O) groups is 2. The normalized spacial score (nSPS) is 22.2. The zero-order valence-electron chi connectivity index (χ0n) is 23.8. The highest BCUT2D eigenvalue weighted by atomic mass is 32.5. The molecule has 9 nitrogen and oxygen atoms in total. The van der Waals surface area contributed by atoms with Crippen LogP contribution in [0.3, 0.4) is 0 Å². The van der Waals surface area contributed by atoms with Gasteiger partial charge in [0.15, 0.2) is 6.19 Å². The first-order valence-corrected chi connectivity index (χ1v) is 15.9. The van der Waals surface area contributed by atoms with E-state index in [-0.39, 0.29) is 36.3 Å². The van der Waals surface area contributed by atoms with E-state index in [4.69, 9.17) is 4.74 Å². The lowest BCUT2D eigenvalue weighted by molar-refractivity contribution is -0.128. The quantitative estimate of drug-likeness (QED) is 0.252. The number of aromatic nitrogens is 1. The molecule has 0 bridgehead atoms. The van der Waals surface area contributed by atoms with E-state index in [2.05, 4.69) is 15.6 Å². The Morgan fingerprint density at radius 2 is 1.84 bits per heavy atom. The largest absolute Gasteiger partial charge is 0.379 e. The van der Waals surface area contributed by atoms with Gasteiger partial charge in [0.05, 0.1) is 12.6 Å². The van der Waals surface area contributed by atoms with Crippen LogP contribution in [-0.2, 0) is 14.3 Å². The summed E-state index contributed by atoms with van der Waals surface area (Å²) in [6, 6.07) is 2.23. The first-order valence-electron chi connectivity index (χ1n) is 13.9. The minimum absolute atomic E-state index is 0.0615. The van der Waals surface area contributed by atoms with E-state index < -0.39 is 51.2 Å². The fraction of sp³-hybridized carbons (Fsp3) is 0.500. The number of hydrogen-bond acceptors (Lipinski definition) is 7. The lowest BCUT2D eigenvalue weighted by atomic mass is 10.0. The smallest absolute Gasteiger partial charge is 0.310 e. The van der Waals surface area contributed by atoms with Gasteiger partial charge in [-0.15, -0.1) is 0 Å². The van der Waals surface area contributed by atoms with Gasteiger partial charge in [0.2, 0.25) is 5.91 Å². The molecule has 1 aromatic heterocycles. The van der Waals surface area contributed by atoms with E-state index in [9.17, 15) is 34.3 Å². The maximum atomic E-state index is 14.2. The van der Waals surface area contributed by atoms with Crippen molar-refractivity contribution in [3.05, 3.63) is 54.4 Å². The molecule has 4 rings (SSSR count). The highest BCUT2D eigenvalue weighted by Crippen LogP contribution is 3.02. The van der Waals surface area contributed by atoms with Crippen LogP contribution in [0.15, 0.2) is 53.7 Å². The van der Waals surface area contributed by atoms with Crippen LogP contribution < -0.4 is 15.5 Å². The highest BCUT2D eigenvalue weighted by molar-refractivity contribution is 8.45. The van der Waals surface area contributed by atoms with Crippen molar-refractivity contribution in [2.24, 2.45) is 0 Å². The Morgan fingerprint density at radius 3 is 2.40 bits per heavy atom. The molecule has 2 N–H and O–H groups in total. The average molecular weight is 631 g/mol. The Hall–Kier alpha value is -3.48. The molecule has 1 aromatic carbocycles. The number of rotatable bonds is 11. The molecule has 2 aromatic rings. The minimum Gasteiger partial charge on any atom is -0.379 e. The molecular weight excluding hydrogens is 595 g/mol. The average Bonchev–Trinajstić information content (AvgIpc) is 3.63. The highest BCUT2D eigenvalue weighted by Gasteiger charge is 2.65. The van der Waals surface area contributed by atoms with Gasteiger partial charge >= 0.3 is 10.2 Å². The Labute approximate surface area is 247 Å². The van der Waals surface area contributed by atoms with E-state index in [0.717, 1.165) is 42.7 Å². The first-order chi connectivity index (χ1) is 20.1. The van der Waals surface area contributed by atoms with Crippen LogP contribution in [0.1, 0.15) is 50.6 Å². The molecule has 1 saturated carbocycles. The molecule has 236 valence electrons. The van der Waals surface area contributed by atoms with Gasteiger partial charge in [-0.2, -0.15) is 5.26 Å². The van der Waals surface area contributed by atoms with Crippen molar-refractivity contribution < 1.29 is 33.8 Å². The SMILES string of the molecule is COC1CC(C(=O)N(c2ccc(S(F)(F)(F)(F)F)cc2)C(C(=O)NC(C)CNC2CCCC2)c2cccnc2)N(C#N)C1. The van der Waals surface area contributed by atoms with Crippen molar-refractivity contribution >= 4 is 27.7 Å². The number of ether oxygens (including phenoxy) is 1. The van der Waals surface area contributed by atoms with Crippen molar-refractivity contribution in [1.82, 2.24) is 20.5 Å². The summed E-state index contributed by atoms with van der Waals surface area (Å²) >= 11 is 0. The number of pyridine rings is 1. The number of nitrogens with one attached hydrogen (secondary N) is 2. The molecule has 1 saturated heterocycles. The number of benzene rings is 1. The molecule has 2 heterocycles. The lowest BCUT2D eigenvalue weighted by Crippen LogP contribution is -2.52. The first kappa shape index (κ1) is 32.4. The number of methoxy groups -OCH3 is 1. The Kier molecular flexibility index (Phi) is 8.97. The van der Waals surface area contributed by atoms with Crippen LogP contribution in [-0.4, -0.2) is 66.1 Å². The van der Waals surface area contributed by atoms with Gasteiger partial charge < -0.3 is 15.4 Å². The standard InChI is InChI=1S/C28H35F5N6O3S/c1-19(15-36-21-7-3-4-8-21)37-27(40)26(20-6-5-13-35-16-20)39(28(41)25-14-23(42-2)17-38(25)18-34)22-9-11-24(12-10-22)43(29,30,31,32)33/h5-6,9-13,16,19,21,23,25-26,36H,3-4,7-8,14-15,17H2,1-2H3,(H,37,40). The number of carbonyl (C=O) groups excluding carboxylic acids is 2. The van der Waals surface area contributed by atoms with Gasteiger partial charge in [0.25, 0.3) is 5.91 Å². The second-order valence-electron chi connectivity index (χ2n) is 11.0. The molecule has 2 aliphatic rings. The summed E-state index contributed by atoms with van der Waals surface area (Å²) in [7, 11) is -8.61. The molecule has 0 radical (unpaired) electrons. The predicted molar refractivity (Wildman–Crippen MR) is 152 cm³/mol. The molecular formula is C28H35F5N6O3S. The molecule has 2 fully saturated rings. The van der Waals surface area contributed by atoms with Gasteiger partial charge in [-0.3, -0.25) is 24.4 Å². The zero-order valence-corrected chi connectivity index (χ0v) is 24.6. The monoisotopic (exact) mass is 630 g/mol. The summed E-state index contributed by atoms with van der Waals surface area (Å²) < 4.78 is 73.0. The number of likely N-dealkylation sites (tertiary alicyclic amines) is 1. The predicted octanol–water partition coefficient (Wildman–Crippen LogP) is 5.42. The van der Waals surface area contributed by atoms with Crippen LogP contribution in [0.5, 0.6) is 0 Å². The Bertz CT molecular complexity index is 1340. The van der Waals surface area contributed by atoms with E-state index in [1.807, 2.05) is 6.19 Å². The van der Waals surface area contributed by atoms with Crippen LogP contribution in [0.25, 0.3) is 0 Å². The van der Waals surface area contributed by atoms with Crippen LogP contribution in [0.4, 0.5) is 25.1 Å². The van der Waals surface area contributed by atoms with Crippen LogP contribution >= 0.6 is 10.2 Å². The molecule has 1 aliphatic carbocycles. The zero-order chi connectivity index (χ0) is 31.5. The molecule has 0 spiro atoms. The molecule has 1 aliphatic heterocycles. The number of hydrogen-bond donors (Lipinski definition) is 2. The molecule has 4 unspecified atom stereocenters. The summed E-state index contributed by atoms with van der Waals surface area (Å²) in [6.07, 6.45) is 8.55. The Balaban J connectivity index is 1.74. The van der Waals surface area contributed by atoms with Crippen molar-refractivity contribution in [2.75, 3.05) is 25.1 Å². The summed E-state index contributed by atoms with van der Waals surface area (Å²) in [5, 5.41) is 16.0. The van der Waals surface area contributed by atoms with E-state index in [1.165, 1.54) is 36.5 Å². The number of halogens is 5. The second-order valence-corrected chi connectivity index (χ2v) is 13.4. The number of anilines is 1. The molecule has 2 amide bonds. The number of nitriles is 1. The lowest BCUT2D eigenvalue weighted by Gasteiger charge is -2.41. The molecule has 4 atom stereocenters. The minimum atomic E-state index is -10.0. The fourth-order valence-corrected chi connectivity index (χ4v) is 6.19. The molecule has 43 heavy (non-hydrogen) atoms. The van der Waals surface area contributed by atoms with Crippen molar-refractivity contribution in [1.29, 1.82) is 5.26 Å². The van der Waals surface area contributed by atoms with Gasteiger partial charge in [-0.25, -0.2) is 0 Å².